The van der Waals surface area contributed by atoms with E-state index in [2.05, 4.69) is 20.4 Å². The van der Waals surface area contributed by atoms with E-state index < -0.39 is 23.4 Å². The minimum absolute atomic E-state index is 0.337. The predicted molar refractivity (Wildman–Crippen MR) is 120 cm³/mol. The van der Waals surface area contributed by atoms with Crippen LogP contribution in [0.4, 0.5) is 24.8 Å². The molecule has 0 bridgehead atoms. The summed E-state index contributed by atoms with van der Waals surface area (Å²) in [7, 11) is 1.56. The van der Waals surface area contributed by atoms with E-state index in [1.54, 1.807) is 34.9 Å². The fourth-order valence-corrected chi connectivity index (χ4v) is 4.34. The molecule has 0 fully saturated rings. The first-order valence-corrected chi connectivity index (χ1v) is 11.0. The van der Waals surface area contributed by atoms with Gasteiger partial charge in [0.15, 0.2) is 17.5 Å². The summed E-state index contributed by atoms with van der Waals surface area (Å²) in [5, 5.41) is 8.07. The number of fused-ring (bicyclic) bond motifs is 1. The Morgan fingerprint density at radius 1 is 1.12 bits per heavy atom. The van der Waals surface area contributed by atoms with Gasteiger partial charge >= 0.3 is 0 Å². The SMILES string of the molecule is COc1cc(Nc2nc3n(n2)CCCC[C@H]3c2cc(F)c(F)c(F)c2)ccc1-n1cnc(Cl)c1. The fourth-order valence-electron chi connectivity index (χ4n) is 4.19. The number of aryl methyl sites for hydroxylation is 1. The van der Waals surface area contributed by atoms with Crippen molar-refractivity contribution in [2.45, 2.75) is 31.7 Å². The third kappa shape index (κ3) is 4.21. The molecule has 2 aromatic carbocycles. The zero-order valence-corrected chi connectivity index (χ0v) is 18.9. The van der Waals surface area contributed by atoms with Gasteiger partial charge in [-0.05, 0) is 42.7 Å². The number of halogens is 4. The number of imidazole rings is 1. The molecule has 34 heavy (non-hydrogen) atoms. The smallest absolute Gasteiger partial charge is 0.246 e. The number of aromatic nitrogens is 5. The molecule has 1 aliphatic rings. The Labute approximate surface area is 198 Å². The van der Waals surface area contributed by atoms with Crippen LogP contribution in [0, 0.1) is 17.5 Å². The molecule has 0 saturated carbocycles. The Morgan fingerprint density at radius 3 is 2.62 bits per heavy atom. The largest absolute Gasteiger partial charge is 0.494 e. The van der Waals surface area contributed by atoms with Crippen LogP contribution < -0.4 is 10.1 Å². The molecule has 1 atom stereocenters. The van der Waals surface area contributed by atoms with E-state index >= 15 is 0 Å². The van der Waals surface area contributed by atoms with Gasteiger partial charge in [-0.1, -0.05) is 18.0 Å². The van der Waals surface area contributed by atoms with Crippen LogP contribution in [0.15, 0.2) is 42.9 Å². The van der Waals surface area contributed by atoms with E-state index in [0.29, 0.717) is 46.9 Å². The van der Waals surface area contributed by atoms with Gasteiger partial charge < -0.3 is 14.6 Å². The summed E-state index contributed by atoms with van der Waals surface area (Å²) in [6, 6.07) is 7.53. The van der Waals surface area contributed by atoms with E-state index in [1.807, 2.05) is 12.1 Å². The van der Waals surface area contributed by atoms with Crippen molar-refractivity contribution in [1.29, 1.82) is 0 Å². The molecule has 0 unspecified atom stereocenters. The zero-order valence-electron chi connectivity index (χ0n) is 18.1. The van der Waals surface area contributed by atoms with Crippen LogP contribution >= 0.6 is 11.6 Å². The molecule has 0 spiro atoms. The molecule has 0 saturated heterocycles. The molecular weight excluding hydrogens is 469 g/mol. The lowest BCUT2D eigenvalue weighted by molar-refractivity contribution is 0.413. The molecule has 176 valence electrons. The second kappa shape index (κ2) is 9.02. The Bertz CT molecular complexity index is 1330. The predicted octanol–water partition coefficient (Wildman–Crippen LogP) is 5.60. The summed E-state index contributed by atoms with van der Waals surface area (Å²) in [6.45, 7) is 0.621. The number of methoxy groups -OCH3 is 1. The van der Waals surface area contributed by atoms with Crippen molar-refractivity contribution in [3.8, 4) is 11.4 Å². The molecule has 5 rings (SSSR count). The van der Waals surface area contributed by atoms with Crippen molar-refractivity contribution in [1.82, 2.24) is 24.3 Å². The number of rotatable bonds is 5. The molecular formula is C23H20ClF3N6O. The van der Waals surface area contributed by atoms with Crippen LogP contribution in [0.1, 0.15) is 36.6 Å². The number of hydrogen-bond acceptors (Lipinski definition) is 5. The van der Waals surface area contributed by atoms with E-state index in [-0.39, 0.29) is 0 Å². The number of nitrogens with zero attached hydrogens (tertiary/aromatic N) is 5. The van der Waals surface area contributed by atoms with Gasteiger partial charge in [0.25, 0.3) is 0 Å². The van der Waals surface area contributed by atoms with Crippen molar-refractivity contribution in [2.75, 3.05) is 12.4 Å². The number of ether oxygens (including phenoxy) is 1. The van der Waals surface area contributed by atoms with Gasteiger partial charge in [-0.3, -0.25) is 0 Å². The van der Waals surface area contributed by atoms with Crippen LogP contribution in [-0.2, 0) is 6.54 Å². The Hall–Kier alpha value is -3.53. The first-order valence-electron chi connectivity index (χ1n) is 10.7. The fraction of sp³-hybridized carbons (Fsp3) is 0.261. The van der Waals surface area contributed by atoms with Gasteiger partial charge in [0, 0.05) is 30.4 Å². The average Bonchev–Trinajstić information content (AvgIpc) is 3.37. The van der Waals surface area contributed by atoms with Crippen LogP contribution in [0.2, 0.25) is 5.15 Å². The minimum atomic E-state index is -1.48. The molecule has 4 aromatic rings. The van der Waals surface area contributed by atoms with Crippen LogP contribution in [0.5, 0.6) is 5.75 Å². The lowest BCUT2D eigenvalue weighted by atomic mass is 9.93. The number of hydrogen-bond donors (Lipinski definition) is 1. The molecule has 1 aliphatic heterocycles. The quantitative estimate of drug-likeness (QED) is 0.370. The second-order valence-electron chi connectivity index (χ2n) is 7.98. The van der Waals surface area contributed by atoms with Crippen LogP contribution in [0.25, 0.3) is 5.69 Å². The van der Waals surface area contributed by atoms with Crippen molar-refractivity contribution in [3.63, 3.8) is 0 Å². The van der Waals surface area contributed by atoms with E-state index in [0.717, 1.165) is 30.7 Å². The molecule has 0 amide bonds. The number of nitrogens with one attached hydrogen (secondary N) is 1. The molecule has 0 aliphatic carbocycles. The van der Waals surface area contributed by atoms with Crippen molar-refractivity contribution < 1.29 is 17.9 Å². The highest BCUT2D eigenvalue weighted by atomic mass is 35.5. The topological polar surface area (TPSA) is 69.8 Å². The summed E-state index contributed by atoms with van der Waals surface area (Å²) in [4.78, 5) is 8.63. The molecule has 3 heterocycles. The normalized spacial score (nSPS) is 15.6. The molecule has 0 radical (unpaired) electrons. The van der Waals surface area contributed by atoms with E-state index in [1.165, 1.54) is 0 Å². The monoisotopic (exact) mass is 488 g/mol. The van der Waals surface area contributed by atoms with Gasteiger partial charge in [0.1, 0.15) is 23.1 Å². The summed E-state index contributed by atoms with van der Waals surface area (Å²) < 4.78 is 50.3. The maximum atomic E-state index is 13.9. The minimum Gasteiger partial charge on any atom is -0.494 e. The maximum Gasteiger partial charge on any atom is 0.246 e. The van der Waals surface area contributed by atoms with Crippen molar-refractivity contribution >= 4 is 23.2 Å². The first kappa shape index (κ1) is 22.3. The second-order valence-corrected chi connectivity index (χ2v) is 8.37. The van der Waals surface area contributed by atoms with E-state index in [9.17, 15) is 13.2 Å². The van der Waals surface area contributed by atoms with Crippen molar-refractivity contribution in [2.24, 2.45) is 0 Å². The number of anilines is 2. The molecule has 1 N–H and O–H groups in total. The first-order chi connectivity index (χ1) is 16.4. The van der Waals surface area contributed by atoms with E-state index in [4.69, 9.17) is 16.3 Å². The van der Waals surface area contributed by atoms with Gasteiger partial charge in [-0.15, -0.1) is 5.10 Å². The highest BCUT2D eigenvalue weighted by Crippen LogP contribution is 2.34. The Morgan fingerprint density at radius 2 is 1.91 bits per heavy atom. The Balaban J connectivity index is 1.45. The molecule has 11 heteroatoms. The molecule has 2 aromatic heterocycles. The number of benzene rings is 2. The van der Waals surface area contributed by atoms with Gasteiger partial charge in [0.05, 0.1) is 12.8 Å². The summed E-state index contributed by atoms with van der Waals surface area (Å²) in [5.41, 5.74) is 1.77. The highest BCUT2D eigenvalue weighted by Gasteiger charge is 2.26. The standard InChI is InChI=1S/C23H20ClF3N6O/c1-34-19-10-14(5-6-18(19)32-11-20(24)28-12-32)29-23-30-22-15(4-2-3-7-33(22)31-23)13-8-16(25)21(27)17(26)9-13/h5-6,8-12,15H,2-4,7H2,1H3,(H,29,31)/t15-/m0/s1. The van der Waals surface area contributed by atoms with Gasteiger partial charge in [-0.2, -0.15) is 4.98 Å². The third-order valence-corrected chi connectivity index (χ3v) is 5.99. The lowest BCUT2D eigenvalue weighted by Gasteiger charge is -2.14. The Kier molecular flexibility index (Phi) is 5.91. The third-order valence-electron chi connectivity index (χ3n) is 5.80. The van der Waals surface area contributed by atoms with Crippen LogP contribution in [-0.4, -0.2) is 31.4 Å². The summed E-state index contributed by atoms with van der Waals surface area (Å²) in [5.74, 6) is -2.82. The summed E-state index contributed by atoms with van der Waals surface area (Å²) in [6.07, 6.45) is 5.55. The van der Waals surface area contributed by atoms with Gasteiger partial charge in [-0.25, -0.2) is 22.8 Å². The maximum absolute atomic E-state index is 13.9. The summed E-state index contributed by atoms with van der Waals surface area (Å²) >= 11 is 5.92. The highest BCUT2D eigenvalue weighted by molar-refractivity contribution is 6.29. The molecule has 7 nitrogen and oxygen atoms in total. The zero-order chi connectivity index (χ0) is 23.8. The van der Waals surface area contributed by atoms with Crippen molar-refractivity contribution in [3.05, 3.63) is 76.8 Å². The van der Waals surface area contributed by atoms with Crippen LogP contribution in [0.3, 0.4) is 0 Å². The van der Waals surface area contributed by atoms with Gasteiger partial charge in [0.2, 0.25) is 5.95 Å². The average molecular weight is 489 g/mol. The lowest BCUT2D eigenvalue weighted by Crippen LogP contribution is -2.09.